The van der Waals surface area contributed by atoms with Crippen LogP contribution in [0.5, 0.6) is 0 Å². The summed E-state index contributed by atoms with van der Waals surface area (Å²) < 4.78 is 50.2. The lowest BCUT2D eigenvalue weighted by molar-refractivity contribution is -0.129. The van der Waals surface area contributed by atoms with Crippen molar-refractivity contribution in [1.82, 2.24) is 4.90 Å². The van der Waals surface area contributed by atoms with Crippen molar-refractivity contribution in [2.75, 3.05) is 23.4 Å². The number of likely N-dealkylation sites (tertiary alicyclic amines) is 1. The highest BCUT2D eigenvalue weighted by Gasteiger charge is 2.42. The number of rotatable bonds is 3. The smallest absolute Gasteiger partial charge is 0.229 e. The van der Waals surface area contributed by atoms with Crippen molar-refractivity contribution in [2.45, 2.75) is 18.9 Å². The zero-order valence-corrected chi connectivity index (χ0v) is 13.5. The molecule has 9 heteroatoms. The molecule has 1 N–H and O–H groups in total. The molecule has 2 saturated heterocycles. The average Bonchev–Trinajstić information content (AvgIpc) is 3.05. The molecule has 2 amide bonds. The standard InChI is InChI=1S/C15H16F2N2O4S/c16-11-2-1-3-12(17)14(11)18-15(21)9-6-13(20)19(7-9)10-4-5-24(22,23)8-10/h1-3,9-10H,4-8H2,(H,18,21). The number of halogens is 2. The fraction of sp³-hybridized carbons (Fsp3) is 0.467. The van der Waals surface area contributed by atoms with Crippen LogP contribution in [-0.4, -0.2) is 49.2 Å². The number of hydrogen-bond acceptors (Lipinski definition) is 4. The molecular weight excluding hydrogens is 342 g/mol. The molecule has 0 bridgehead atoms. The third-order valence-corrected chi connectivity index (χ3v) is 6.14. The second-order valence-corrected chi connectivity index (χ2v) is 8.32. The first kappa shape index (κ1) is 16.8. The zero-order valence-electron chi connectivity index (χ0n) is 12.7. The van der Waals surface area contributed by atoms with Crippen LogP contribution in [0.1, 0.15) is 12.8 Å². The minimum Gasteiger partial charge on any atom is -0.338 e. The summed E-state index contributed by atoms with van der Waals surface area (Å²) >= 11 is 0. The predicted molar refractivity (Wildman–Crippen MR) is 81.9 cm³/mol. The molecule has 2 atom stereocenters. The van der Waals surface area contributed by atoms with E-state index in [-0.39, 0.29) is 30.4 Å². The van der Waals surface area contributed by atoms with Crippen LogP contribution >= 0.6 is 0 Å². The lowest BCUT2D eigenvalue weighted by Gasteiger charge is -2.23. The Labute approximate surface area is 137 Å². The lowest BCUT2D eigenvalue weighted by Crippen LogP contribution is -2.38. The van der Waals surface area contributed by atoms with Crippen molar-refractivity contribution in [2.24, 2.45) is 5.92 Å². The summed E-state index contributed by atoms with van der Waals surface area (Å²) in [5.74, 6) is -3.60. The highest BCUT2D eigenvalue weighted by molar-refractivity contribution is 7.91. The Morgan fingerprint density at radius 3 is 2.50 bits per heavy atom. The molecule has 0 aromatic heterocycles. The summed E-state index contributed by atoms with van der Waals surface area (Å²) in [5.41, 5.74) is -0.545. The number of benzene rings is 1. The van der Waals surface area contributed by atoms with Crippen LogP contribution < -0.4 is 5.32 Å². The van der Waals surface area contributed by atoms with Crippen LogP contribution in [0.3, 0.4) is 0 Å². The molecule has 2 unspecified atom stereocenters. The lowest BCUT2D eigenvalue weighted by atomic mass is 10.1. The third kappa shape index (κ3) is 3.26. The Morgan fingerprint density at radius 2 is 1.92 bits per heavy atom. The quantitative estimate of drug-likeness (QED) is 0.872. The van der Waals surface area contributed by atoms with E-state index in [0.717, 1.165) is 12.1 Å². The van der Waals surface area contributed by atoms with Crippen LogP contribution in [0.4, 0.5) is 14.5 Å². The van der Waals surface area contributed by atoms with Gasteiger partial charge in [-0.15, -0.1) is 0 Å². The van der Waals surface area contributed by atoms with Crippen molar-refractivity contribution < 1.29 is 26.8 Å². The summed E-state index contributed by atoms with van der Waals surface area (Å²) in [5, 5.41) is 2.18. The molecule has 130 valence electrons. The highest BCUT2D eigenvalue weighted by atomic mass is 32.2. The van der Waals surface area contributed by atoms with Crippen molar-refractivity contribution in [1.29, 1.82) is 0 Å². The highest BCUT2D eigenvalue weighted by Crippen LogP contribution is 2.27. The Morgan fingerprint density at radius 1 is 1.25 bits per heavy atom. The minimum absolute atomic E-state index is 0.0265. The zero-order chi connectivity index (χ0) is 17.5. The van der Waals surface area contributed by atoms with Gasteiger partial charge in [0.25, 0.3) is 0 Å². The monoisotopic (exact) mass is 358 g/mol. The summed E-state index contributed by atoms with van der Waals surface area (Å²) in [6.07, 6.45) is 0.253. The van der Waals surface area contributed by atoms with Crippen LogP contribution in [-0.2, 0) is 19.4 Å². The maximum atomic E-state index is 13.6. The molecule has 2 aliphatic heterocycles. The van der Waals surface area contributed by atoms with Gasteiger partial charge in [-0.1, -0.05) is 6.07 Å². The molecule has 0 saturated carbocycles. The van der Waals surface area contributed by atoms with E-state index >= 15 is 0 Å². The Balaban J connectivity index is 1.68. The topological polar surface area (TPSA) is 83.6 Å². The van der Waals surface area contributed by atoms with Gasteiger partial charge >= 0.3 is 0 Å². The molecule has 3 rings (SSSR count). The van der Waals surface area contributed by atoms with E-state index in [1.165, 1.54) is 11.0 Å². The Hall–Kier alpha value is -2.03. The fourth-order valence-corrected chi connectivity index (χ4v) is 4.85. The summed E-state index contributed by atoms with van der Waals surface area (Å²) in [6.45, 7) is 0.0565. The maximum absolute atomic E-state index is 13.6. The van der Waals surface area contributed by atoms with E-state index in [4.69, 9.17) is 0 Å². The van der Waals surface area contributed by atoms with E-state index in [1.54, 1.807) is 0 Å². The van der Waals surface area contributed by atoms with Gasteiger partial charge in [-0.3, -0.25) is 9.59 Å². The molecule has 24 heavy (non-hydrogen) atoms. The van der Waals surface area contributed by atoms with Gasteiger partial charge < -0.3 is 10.2 Å². The second-order valence-electron chi connectivity index (χ2n) is 6.09. The minimum atomic E-state index is -3.15. The van der Waals surface area contributed by atoms with Gasteiger partial charge in [-0.2, -0.15) is 0 Å². The third-order valence-electron chi connectivity index (χ3n) is 4.39. The molecule has 2 aliphatic rings. The Kier molecular flexibility index (Phi) is 4.29. The van der Waals surface area contributed by atoms with Gasteiger partial charge in [-0.05, 0) is 18.6 Å². The van der Waals surface area contributed by atoms with Crippen LogP contribution in [0.25, 0.3) is 0 Å². The normalized spacial score (nSPS) is 25.9. The average molecular weight is 358 g/mol. The van der Waals surface area contributed by atoms with E-state index in [1.807, 2.05) is 0 Å². The Bertz CT molecular complexity index is 776. The number of sulfone groups is 1. The number of nitrogens with zero attached hydrogens (tertiary/aromatic N) is 1. The fourth-order valence-electron chi connectivity index (χ4n) is 3.12. The molecule has 0 spiro atoms. The largest absolute Gasteiger partial charge is 0.338 e. The number of hydrogen-bond donors (Lipinski definition) is 1. The van der Waals surface area contributed by atoms with Crippen LogP contribution in [0, 0.1) is 17.6 Å². The van der Waals surface area contributed by atoms with Crippen molar-refractivity contribution in [3.8, 4) is 0 Å². The number of nitrogens with one attached hydrogen (secondary N) is 1. The molecule has 2 heterocycles. The molecule has 0 radical (unpaired) electrons. The number of amides is 2. The van der Waals surface area contributed by atoms with E-state index in [9.17, 15) is 26.8 Å². The SMILES string of the molecule is O=C(Nc1c(F)cccc1F)C1CC(=O)N(C2CCS(=O)(=O)C2)C1. The number of carbonyl (C=O) groups is 2. The number of carbonyl (C=O) groups excluding carboxylic acids is 2. The predicted octanol–water partition coefficient (Wildman–Crippen LogP) is 0.939. The number of anilines is 1. The second kappa shape index (κ2) is 6.12. The van der Waals surface area contributed by atoms with Crippen molar-refractivity contribution in [3.05, 3.63) is 29.8 Å². The first-order chi connectivity index (χ1) is 11.3. The first-order valence-corrected chi connectivity index (χ1v) is 9.34. The van der Waals surface area contributed by atoms with Crippen molar-refractivity contribution >= 4 is 27.3 Å². The first-order valence-electron chi connectivity index (χ1n) is 7.51. The maximum Gasteiger partial charge on any atom is 0.229 e. The number of para-hydroxylation sites is 1. The molecule has 2 fully saturated rings. The van der Waals surface area contributed by atoms with Gasteiger partial charge in [0.1, 0.15) is 17.3 Å². The van der Waals surface area contributed by atoms with Gasteiger partial charge in [0, 0.05) is 19.0 Å². The van der Waals surface area contributed by atoms with E-state index in [2.05, 4.69) is 5.32 Å². The molecule has 6 nitrogen and oxygen atoms in total. The molecule has 1 aromatic rings. The van der Waals surface area contributed by atoms with E-state index < -0.39 is 45.0 Å². The van der Waals surface area contributed by atoms with Gasteiger partial charge in [-0.25, -0.2) is 17.2 Å². The van der Waals surface area contributed by atoms with Crippen LogP contribution in [0.15, 0.2) is 18.2 Å². The molecule has 1 aromatic carbocycles. The van der Waals surface area contributed by atoms with Gasteiger partial charge in [0.2, 0.25) is 11.8 Å². The van der Waals surface area contributed by atoms with Gasteiger partial charge in [0.05, 0.1) is 17.4 Å². The molecule has 0 aliphatic carbocycles. The summed E-state index contributed by atoms with van der Waals surface area (Å²) in [6, 6.07) is 2.80. The summed E-state index contributed by atoms with van der Waals surface area (Å²) in [7, 11) is -3.15. The molecular formula is C15H16F2N2O4S. The van der Waals surface area contributed by atoms with Crippen molar-refractivity contribution in [3.63, 3.8) is 0 Å². The van der Waals surface area contributed by atoms with Crippen LogP contribution in [0.2, 0.25) is 0 Å². The van der Waals surface area contributed by atoms with Gasteiger partial charge in [0.15, 0.2) is 9.84 Å². The summed E-state index contributed by atoms with van der Waals surface area (Å²) in [4.78, 5) is 25.7. The van der Waals surface area contributed by atoms with E-state index in [0.29, 0.717) is 6.42 Å².